The molecule has 0 spiro atoms. The van der Waals surface area contributed by atoms with E-state index in [0.29, 0.717) is 16.4 Å². The predicted octanol–water partition coefficient (Wildman–Crippen LogP) is 4.70. The van der Waals surface area contributed by atoms with Crippen molar-refractivity contribution in [1.82, 2.24) is 10.3 Å². The number of halogens is 2. The Hall–Kier alpha value is -3.45. The predicted molar refractivity (Wildman–Crippen MR) is 117 cm³/mol. The van der Waals surface area contributed by atoms with Gasteiger partial charge in [0.15, 0.2) is 0 Å². The second kappa shape index (κ2) is 9.57. The van der Waals surface area contributed by atoms with Gasteiger partial charge in [0, 0.05) is 25.4 Å². The quantitative estimate of drug-likeness (QED) is 0.555. The van der Waals surface area contributed by atoms with Gasteiger partial charge in [0.25, 0.3) is 5.91 Å². The summed E-state index contributed by atoms with van der Waals surface area (Å²) in [5.41, 5.74) is 1.63. The molecule has 160 valence electrons. The number of nitrogens with one attached hydrogen (secondary N) is 1. The molecule has 1 unspecified atom stereocenters. The van der Waals surface area contributed by atoms with Crippen LogP contribution in [0.5, 0.6) is 0 Å². The zero-order valence-electron chi connectivity index (χ0n) is 17.0. The van der Waals surface area contributed by atoms with Gasteiger partial charge in [0.1, 0.15) is 11.6 Å². The number of carbonyl (C=O) groups is 2. The van der Waals surface area contributed by atoms with Crippen molar-refractivity contribution in [2.24, 2.45) is 0 Å². The van der Waals surface area contributed by atoms with Crippen molar-refractivity contribution in [2.45, 2.75) is 19.5 Å². The minimum atomic E-state index is -1.02. The van der Waals surface area contributed by atoms with E-state index in [4.69, 9.17) is 16.7 Å². The first-order valence-electron chi connectivity index (χ1n) is 9.50. The van der Waals surface area contributed by atoms with Gasteiger partial charge in [-0.25, -0.2) is 14.2 Å². The number of nitrogens with zero attached hydrogens (tertiary/aromatic N) is 2. The van der Waals surface area contributed by atoms with Crippen molar-refractivity contribution < 1.29 is 19.1 Å². The van der Waals surface area contributed by atoms with E-state index in [2.05, 4.69) is 10.3 Å². The van der Waals surface area contributed by atoms with Gasteiger partial charge in [-0.3, -0.25) is 4.79 Å². The van der Waals surface area contributed by atoms with E-state index in [-0.39, 0.29) is 29.5 Å². The van der Waals surface area contributed by atoms with Crippen LogP contribution in [0.3, 0.4) is 0 Å². The Balaban J connectivity index is 1.81. The van der Waals surface area contributed by atoms with Crippen molar-refractivity contribution in [1.29, 1.82) is 0 Å². The van der Waals surface area contributed by atoms with Gasteiger partial charge in [0.2, 0.25) is 0 Å². The van der Waals surface area contributed by atoms with E-state index in [0.717, 1.165) is 5.56 Å². The third-order valence-corrected chi connectivity index (χ3v) is 5.02. The summed E-state index contributed by atoms with van der Waals surface area (Å²) in [6.07, 6.45) is 1.43. The maximum atomic E-state index is 14.0. The van der Waals surface area contributed by atoms with E-state index in [1.165, 1.54) is 30.5 Å². The minimum Gasteiger partial charge on any atom is -0.478 e. The summed E-state index contributed by atoms with van der Waals surface area (Å²) in [6, 6.07) is 13.8. The molecular formula is C23H21ClFN3O3. The third kappa shape index (κ3) is 5.38. The van der Waals surface area contributed by atoms with Gasteiger partial charge >= 0.3 is 5.97 Å². The molecule has 2 aromatic carbocycles. The smallest absolute Gasteiger partial charge is 0.335 e. The lowest BCUT2D eigenvalue weighted by atomic mass is 10.1. The highest BCUT2D eigenvalue weighted by molar-refractivity contribution is 6.31. The van der Waals surface area contributed by atoms with Crippen molar-refractivity contribution in [2.75, 3.05) is 11.9 Å². The second-order valence-corrected chi connectivity index (χ2v) is 7.53. The van der Waals surface area contributed by atoms with Crippen molar-refractivity contribution in [3.8, 4) is 0 Å². The molecule has 1 heterocycles. The topological polar surface area (TPSA) is 82.5 Å². The van der Waals surface area contributed by atoms with Crippen LogP contribution in [0.25, 0.3) is 0 Å². The minimum absolute atomic E-state index is 0.165. The Morgan fingerprint density at radius 2 is 1.87 bits per heavy atom. The van der Waals surface area contributed by atoms with Gasteiger partial charge in [-0.15, -0.1) is 0 Å². The average molecular weight is 442 g/mol. The van der Waals surface area contributed by atoms with Crippen LogP contribution in [0, 0.1) is 5.82 Å². The normalized spacial score (nSPS) is 11.6. The molecular weight excluding hydrogens is 421 g/mol. The van der Waals surface area contributed by atoms with Gasteiger partial charge < -0.3 is 15.3 Å². The van der Waals surface area contributed by atoms with Gasteiger partial charge in [-0.1, -0.05) is 41.9 Å². The van der Waals surface area contributed by atoms with Crippen LogP contribution < -0.4 is 10.2 Å². The molecule has 31 heavy (non-hydrogen) atoms. The van der Waals surface area contributed by atoms with E-state index < -0.39 is 11.9 Å². The first kappa shape index (κ1) is 22.2. The molecule has 3 rings (SSSR count). The van der Waals surface area contributed by atoms with E-state index in [9.17, 15) is 14.0 Å². The highest BCUT2D eigenvalue weighted by Gasteiger charge is 2.20. The first-order valence-corrected chi connectivity index (χ1v) is 9.88. The van der Waals surface area contributed by atoms with Crippen LogP contribution in [-0.2, 0) is 6.54 Å². The zero-order valence-corrected chi connectivity index (χ0v) is 17.7. The zero-order chi connectivity index (χ0) is 22.5. The number of carboxylic acid groups (broad SMARTS) is 1. The summed E-state index contributed by atoms with van der Waals surface area (Å²) in [4.78, 5) is 30.0. The number of carbonyl (C=O) groups excluding carboxylic acids is 1. The number of hydrogen-bond acceptors (Lipinski definition) is 4. The lowest BCUT2D eigenvalue weighted by Gasteiger charge is -2.22. The summed E-state index contributed by atoms with van der Waals surface area (Å²) in [7, 11) is 1.72. The third-order valence-electron chi connectivity index (χ3n) is 4.81. The van der Waals surface area contributed by atoms with Crippen LogP contribution in [0.1, 0.15) is 44.8 Å². The monoisotopic (exact) mass is 441 g/mol. The van der Waals surface area contributed by atoms with Crippen LogP contribution in [0.4, 0.5) is 10.2 Å². The fourth-order valence-electron chi connectivity index (χ4n) is 3.13. The maximum Gasteiger partial charge on any atom is 0.335 e. The molecule has 0 bridgehead atoms. The number of pyridine rings is 1. The molecule has 0 aliphatic heterocycles. The maximum absolute atomic E-state index is 14.0. The molecule has 0 saturated carbocycles. The number of hydrogen-bond donors (Lipinski definition) is 2. The number of benzene rings is 2. The second-order valence-electron chi connectivity index (χ2n) is 7.09. The van der Waals surface area contributed by atoms with Crippen LogP contribution in [-0.4, -0.2) is 29.0 Å². The average Bonchev–Trinajstić information content (AvgIpc) is 2.75. The van der Waals surface area contributed by atoms with Crippen molar-refractivity contribution >= 4 is 29.3 Å². The largest absolute Gasteiger partial charge is 0.478 e. The number of amides is 1. The van der Waals surface area contributed by atoms with E-state index in [1.54, 1.807) is 49.2 Å². The molecule has 0 fully saturated rings. The van der Waals surface area contributed by atoms with Gasteiger partial charge in [-0.2, -0.15) is 0 Å². The highest BCUT2D eigenvalue weighted by atomic mass is 35.5. The van der Waals surface area contributed by atoms with Gasteiger partial charge in [0.05, 0.1) is 22.2 Å². The first-order chi connectivity index (χ1) is 14.8. The van der Waals surface area contributed by atoms with Gasteiger partial charge in [-0.05, 0) is 36.8 Å². The summed E-state index contributed by atoms with van der Waals surface area (Å²) in [5, 5.41) is 12.2. The number of aromatic nitrogens is 1. The molecule has 1 atom stereocenters. The fourth-order valence-corrected chi connectivity index (χ4v) is 3.29. The summed E-state index contributed by atoms with van der Waals surface area (Å²) in [5.74, 6) is -1.40. The molecule has 1 amide bonds. The standard InChI is InChI=1S/C23H21ClFN3O3/c1-14(15-7-9-16(10-8-15)23(30)31)27-22(29)19-11-18(24)12-26-21(19)28(2)13-17-5-3-4-6-20(17)25/h3-12,14H,13H2,1-2H3,(H,27,29)(H,30,31). The summed E-state index contributed by atoms with van der Waals surface area (Å²) < 4.78 is 14.0. The molecule has 0 aliphatic carbocycles. The molecule has 2 N–H and O–H groups in total. The Morgan fingerprint density at radius 1 is 1.19 bits per heavy atom. The molecule has 0 aliphatic rings. The van der Waals surface area contributed by atoms with Crippen LogP contribution >= 0.6 is 11.6 Å². The molecule has 1 aromatic heterocycles. The Kier molecular flexibility index (Phi) is 6.87. The van der Waals surface area contributed by atoms with E-state index >= 15 is 0 Å². The molecule has 0 saturated heterocycles. The van der Waals surface area contributed by atoms with Crippen LogP contribution in [0.15, 0.2) is 60.8 Å². The fraction of sp³-hybridized carbons (Fsp3) is 0.174. The summed E-state index contributed by atoms with van der Waals surface area (Å²) in [6.45, 7) is 2.00. The lowest BCUT2D eigenvalue weighted by Crippen LogP contribution is -2.29. The Labute approximate surface area is 184 Å². The molecule has 3 aromatic rings. The number of carboxylic acids is 1. The van der Waals surface area contributed by atoms with Crippen molar-refractivity contribution in [3.63, 3.8) is 0 Å². The lowest BCUT2D eigenvalue weighted by molar-refractivity contribution is 0.0696. The molecule has 6 nitrogen and oxygen atoms in total. The Morgan fingerprint density at radius 3 is 2.52 bits per heavy atom. The molecule has 8 heteroatoms. The SMILES string of the molecule is CC(NC(=O)c1cc(Cl)cnc1N(C)Cc1ccccc1F)c1ccc(C(=O)O)cc1. The number of rotatable bonds is 7. The molecule has 0 radical (unpaired) electrons. The number of aromatic carboxylic acids is 1. The van der Waals surface area contributed by atoms with E-state index in [1.807, 2.05) is 0 Å². The summed E-state index contributed by atoms with van der Waals surface area (Å²) >= 11 is 6.07. The Bertz CT molecular complexity index is 1110. The van der Waals surface area contributed by atoms with Crippen molar-refractivity contribution in [3.05, 3.63) is 93.9 Å². The number of anilines is 1. The highest BCUT2D eigenvalue weighted by Crippen LogP contribution is 2.24. The van der Waals surface area contributed by atoms with Crippen LogP contribution in [0.2, 0.25) is 5.02 Å².